The van der Waals surface area contributed by atoms with Crippen molar-refractivity contribution in [3.63, 3.8) is 0 Å². The third-order valence-electron chi connectivity index (χ3n) is 3.68. The fourth-order valence-corrected chi connectivity index (χ4v) is 2.54. The first-order valence-corrected chi connectivity index (χ1v) is 7.21. The van der Waals surface area contributed by atoms with Crippen LogP contribution >= 0.6 is 0 Å². The van der Waals surface area contributed by atoms with Gasteiger partial charge in [0.25, 0.3) is 5.56 Å². The van der Waals surface area contributed by atoms with Gasteiger partial charge in [0.2, 0.25) is 0 Å². The van der Waals surface area contributed by atoms with E-state index in [0.717, 1.165) is 4.68 Å². The molecule has 1 heterocycles. The predicted octanol–water partition coefficient (Wildman–Crippen LogP) is 2.14. The van der Waals surface area contributed by atoms with Crippen molar-refractivity contribution in [2.45, 2.75) is 6.54 Å². The predicted molar refractivity (Wildman–Crippen MR) is 88.8 cm³/mol. The van der Waals surface area contributed by atoms with Gasteiger partial charge in [0.15, 0.2) is 0 Å². The third kappa shape index (κ3) is 2.63. The van der Waals surface area contributed by atoms with Crippen LogP contribution in [0.2, 0.25) is 0 Å². The first kappa shape index (κ1) is 15.4. The van der Waals surface area contributed by atoms with Crippen LogP contribution in [0.3, 0.4) is 0 Å². The minimum absolute atomic E-state index is 0.142. The molecule has 2 aromatic carbocycles. The second kappa shape index (κ2) is 6.34. The summed E-state index contributed by atoms with van der Waals surface area (Å²) in [5.74, 6) is 0.542. The van der Waals surface area contributed by atoms with E-state index in [1.807, 2.05) is 6.07 Å². The summed E-state index contributed by atoms with van der Waals surface area (Å²) in [4.78, 5) is 23.4. The van der Waals surface area contributed by atoms with Gasteiger partial charge >= 0.3 is 0 Å². The Morgan fingerprint density at radius 3 is 2.79 bits per heavy atom. The van der Waals surface area contributed by atoms with Gasteiger partial charge in [-0.05, 0) is 30.3 Å². The van der Waals surface area contributed by atoms with Gasteiger partial charge < -0.3 is 9.53 Å². The normalized spacial score (nSPS) is 10.3. The summed E-state index contributed by atoms with van der Waals surface area (Å²) in [5, 5.41) is 14.4. The molecule has 0 saturated heterocycles. The van der Waals surface area contributed by atoms with Crippen LogP contribution in [0.5, 0.6) is 5.75 Å². The van der Waals surface area contributed by atoms with Crippen LogP contribution in [0.4, 0.5) is 0 Å². The highest BCUT2D eigenvalue weighted by Crippen LogP contribution is 2.27. The summed E-state index contributed by atoms with van der Waals surface area (Å²) in [6.45, 7) is -0.142. The number of rotatable bonds is 4. The van der Waals surface area contributed by atoms with Crippen LogP contribution in [-0.4, -0.2) is 23.2 Å². The maximum absolute atomic E-state index is 12.5. The molecule has 0 aliphatic rings. The number of benzene rings is 2. The summed E-state index contributed by atoms with van der Waals surface area (Å²) < 4.78 is 6.29. The fourth-order valence-electron chi connectivity index (χ4n) is 2.54. The molecule has 118 valence electrons. The lowest BCUT2D eigenvalue weighted by molar-refractivity contribution is -0.108. The highest BCUT2D eigenvalue weighted by molar-refractivity contribution is 5.94. The number of hydrogen-bond donors (Lipinski definition) is 0. The van der Waals surface area contributed by atoms with E-state index >= 15 is 0 Å². The SMILES string of the molecule is COc1ccc2c(-c3cccc(C#N)c3)nn(CC=O)c(=O)c2c1. The van der Waals surface area contributed by atoms with E-state index in [1.54, 1.807) is 36.4 Å². The van der Waals surface area contributed by atoms with Gasteiger partial charge in [-0.25, -0.2) is 4.68 Å². The molecule has 1 aromatic heterocycles. The van der Waals surface area contributed by atoms with E-state index < -0.39 is 0 Å². The summed E-state index contributed by atoms with van der Waals surface area (Å²) in [6.07, 6.45) is 0.621. The summed E-state index contributed by atoms with van der Waals surface area (Å²) in [7, 11) is 1.52. The van der Waals surface area contributed by atoms with Crippen molar-refractivity contribution in [1.29, 1.82) is 5.26 Å². The molecule has 0 spiro atoms. The Labute approximate surface area is 137 Å². The van der Waals surface area contributed by atoms with E-state index in [0.29, 0.717) is 39.6 Å². The summed E-state index contributed by atoms with van der Waals surface area (Å²) in [6, 6.07) is 14.1. The van der Waals surface area contributed by atoms with Crippen LogP contribution < -0.4 is 10.3 Å². The number of nitriles is 1. The highest BCUT2D eigenvalue weighted by atomic mass is 16.5. The van der Waals surface area contributed by atoms with Gasteiger partial charge in [-0.15, -0.1) is 0 Å². The van der Waals surface area contributed by atoms with E-state index in [9.17, 15) is 9.59 Å². The molecule has 0 N–H and O–H groups in total. The van der Waals surface area contributed by atoms with Crippen molar-refractivity contribution < 1.29 is 9.53 Å². The second-order valence-corrected chi connectivity index (χ2v) is 5.11. The summed E-state index contributed by atoms with van der Waals surface area (Å²) >= 11 is 0. The van der Waals surface area contributed by atoms with Gasteiger partial charge in [0.1, 0.15) is 18.6 Å². The second-order valence-electron chi connectivity index (χ2n) is 5.11. The van der Waals surface area contributed by atoms with Gasteiger partial charge in [-0.2, -0.15) is 10.4 Å². The molecule has 0 saturated carbocycles. The molecule has 0 amide bonds. The molecule has 0 aliphatic heterocycles. The molecule has 6 nitrogen and oxygen atoms in total. The van der Waals surface area contributed by atoms with Crippen molar-refractivity contribution in [2.24, 2.45) is 0 Å². The smallest absolute Gasteiger partial charge is 0.275 e. The molecule has 3 aromatic rings. The van der Waals surface area contributed by atoms with Gasteiger partial charge in [-0.3, -0.25) is 4.79 Å². The molecule has 0 atom stereocenters. The lowest BCUT2D eigenvalue weighted by Crippen LogP contribution is -2.24. The zero-order chi connectivity index (χ0) is 17.1. The first-order chi connectivity index (χ1) is 11.7. The number of carbonyl (C=O) groups excluding carboxylic acids is 1. The van der Waals surface area contributed by atoms with Crippen LogP contribution in [-0.2, 0) is 11.3 Å². The number of carbonyl (C=O) groups is 1. The van der Waals surface area contributed by atoms with E-state index in [-0.39, 0.29) is 12.1 Å². The maximum atomic E-state index is 12.5. The Morgan fingerprint density at radius 1 is 1.25 bits per heavy atom. The zero-order valence-corrected chi connectivity index (χ0v) is 12.9. The van der Waals surface area contributed by atoms with Crippen molar-refractivity contribution in [3.8, 4) is 23.1 Å². The van der Waals surface area contributed by atoms with Gasteiger partial charge in [0, 0.05) is 10.9 Å². The first-order valence-electron chi connectivity index (χ1n) is 7.21. The number of fused-ring (bicyclic) bond motifs is 1. The van der Waals surface area contributed by atoms with Crippen molar-refractivity contribution in [3.05, 3.63) is 58.4 Å². The Morgan fingerprint density at radius 2 is 2.08 bits per heavy atom. The molecular weight excluding hydrogens is 306 g/mol. The summed E-state index contributed by atoms with van der Waals surface area (Å²) in [5.41, 5.74) is 1.36. The van der Waals surface area contributed by atoms with Crippen LogP contribution in [0, 0.1) is 11.3 Å². The Hall–Kier alpha value is -3.46. The number of methoxy groups -OCH3 is 1. The number of aldehydes is 1. The van der Waals surface area contributed by atoms with Crippen molar-refractivity contribution in [1.82, 2.24) is 9.78 Å². The highest BCUT2D eigenvalue weighted by Gasteiger charge is 2.13. The van der Waals surface area contributed by atoms with E-state index in [2.05, 4.69) is 11.2 Å². The lowest BCUT2D eigenvalue weighted by Gasteiger charge is -2.11. The van der Waals surface area contributed by atoms with E-state index in [1.165, 1.54) is 7.11 Å². The number of ether oxygens (including phenoxy) is 1. The number of aromatic nitrogens is 2. The van der Waals surface area contributed by atoms with Crippen molar-refractivity contribution in [2.75, 3.05) is 7.11 Å². The Kier molecular flexibility index (Phi) is 4.08. The molecule has 3 rings (SSSR count). The van der Waals surface area contributed by atoms with Crippen LogP contribution in [0.1, 0.15) is 5.56 Å². The fraction of sp³-hybridized carbons (Fsp3) is 0.111. The van der Waals surface area contributed by atoms with E-state index in [4.69, 9.17) is 10.00 Å². The molecule has 0 unspecified atom stereocenters. The number of nitrogens with zero attached hydrogens (tertiary/aromatic N) is 3. The third-order valence-corrected chi connectivity index (χ3v) is 3.68. The average Bonchev–Trinajstić information content (AvgIpc) is 2.63. The molecule has 0 fully saturated rings. The Balaban J connectivity index is 2.37. The van der Waals surface area contributed by atoms with Crippen LogP contribution in [0.15, 0.2) is 47.3 Å². The van der Waals surface area contributed by atoms with Crippen LogP contribution in [0.25, 0.3) is 22.0 Å². The average molecular weight is 319 g/mol. The molecule has 0 aliphatic carbocycles. The topological polar surface area (TPSA) is 85.0 Å². The monoisotopic (exact) mass is 319 g/mol. The Bertz CT molecular complexity index is 1030. The quantitative estimate of drug-likeness (QED) is 0.688. The standard InChI is InChI=1S/C18H13N3O3/c1-24-14-5-6-15-16(10-14)18(23)21(7-8-22)20-17(15)13-4-2-3-12(9-13)11-19/h2-6,8-10H,7H2,1H3. The minimum atomic E-state index is -0.365. The molecular formula is C18H13N3O3. The zero-order valence-electron chi connectivity index (χ0n) is 12.9. The molecule has 0 radical (unpaired) electrons. The maximum Gasteiger partial charge on any atom is 0.275 e. The lowest BCUT2D eigenvalue weighted by atomic mass is 10.0. The largest absolute Gasteiger partial charge is 0.497 e. The molecule has 0 bridgehead atoms. The van der Waals surface area contributed by atoms with Gasteiger partial charge in [0.05, 0.1) is 29.8 Å². The minimum Gasteiger partial charge on any atom is -0.497 e. The van der Waals surface area contributed by atoms with Crippen molar-refractivity contribution >= 4 is 17.1 Å². The molecule has 24 heavy (non-hydrogen) atoms. The van der Waals surface area contributed by atoms with Gasteiger partial charge in [-0.1, -0.05) is 12.1 Å². The molecule has 6 heteroatoms. The number of hydrogen-bond acceptors (Lipinski definition) is 5.